The zero-order valence-corrected chi connectivity index (χ0v) is 8.78. The molecule has 0 aliphatic heterocycles. The lowest BCUT2D eigenvalue weighted by atomic mass is 9.96. The Morgan fingerprint density at radius 1 is 1.00 bits per heavy atom. The van der Waals surface area contributed by atoms with E-state index in [1.807, 2.05) is 0 Å². The van der Waals surface area contributed by atoms with Crippen LogP contribution in [-0.4, -0.2) is 25.2 Å². The Morgan fingerprint density at radius 2 is 1.40 bits per heavy atom. The van der Waals surface area contributed by atoms with Crippen LogP contribution in [0.2, 0.25) is 0 Å². The van der Waals surface area contributed by atoms with Crippen LogP contribution in [-0.2, 0) is 19.1 Å². The van der Waals surface area contributed by atoms with Gasteiger partial charge in [0.05, 0.1) is 13.2 Å². The lowest BCUT2D eigenvalue weighted by Gasteiger charge is -2.14. The van der Waals surface area contributed by atoms with Gasteiger partial charge in [-0.1, -0.05) is 0 Å². The highest BCUT2D eigenvalue weighted by molar-refractivity contribution is 6.06. The molecule has 1 aliphatic carbocycles. The summed E-state index contributed by atoms with van der Waals surface area (Å²) in [5.74, 6) is -0.471. The lowest BCUT2D eigenvalue weighted by molar-refractivity contribution is -0.144. The Morgan fingerprint density at radius 3 is 1.73 bits per heavy atom. The molecule has 0 heterocycles. The minimum atomic E-state index is -0.495. The molecule has 4 nitrogen and oxygen atoms in total. The second-order valence-corrected chi connectivity index (χ2v) is 2.79. The predicted octanol–water partition coefficient (Wildman–Crippen LogP) is 0.888. The predicted molar refractivity (Wildman–Crippen MR) is 52.7 cm³/mol. The molecule has 0 aromatic carbocycles. The Hall–Kier alpha value is -1.06. The van der Waals surface area contributed by atoms with Crippen molar-refractivity contribution >= 4 is 11.9 Å². The maximum absolute atomic E-state index is 11.4. The normalized spacial score (nSPS) is 17.7. The van der Waals surface area contributed by atoms with Crippen molar-refractivity contribution in [1.29, 1.82) is 0 Å². The van der Waals surface area contributed by atoms with Gasteiger partial charge in [-0.15, -0.1) is 0 Å². The van der Waals surface area contributed by atoms with Gasteiger partial charge in [0.1, 0.15) is 11.8 Å². The molecular formula is C11H13O4. The van der Waals surface area contributed by atoms with E-state index in [0.717, 1.165) is 0 Å². The van der Waals surface area contributed by atoms with Crippen molar-refractivity contribution in [2.45, 2.75) is 13.8 Å². The Bertz CT molecular complexity index is 213. The number of hydrogen-bond donors (Lipinski definition) is 0. The summed E-state index contributed by atoms with van der Waals surface area (Å²) in [6.45, 7) is 3.99. The van der Waals surface area contributed by atoms with E-state index in [2.05, 4.69) is 0 Å². The van der Waals surface area contributed by atoms with Gasteiger partial charge in [-0.25, -0.2) is 0 Å². The smallest absolute Gasteiger partial charge is 0.314 e. The molecule has 1 fully saturated rings. The monoisotopic (exact) mass is 209 g/mol. The SMILES string of the molecule is CCOC(=O)[C]1[CH][CH][CH][C]1C(=O)OCC. The molecule has 0 amide bonds. The molecule has 0 saturated heterocycles. The van der Waals surface area contributed by atoms with Crippen LogP contribution in [0, 0.1) is 31.1 Å². The highest BCUT2D eigenvalue weighted by Crippen LogP contribution is 2.34. The average molecular weight is 209 g/mol. The van der Waals surface area contributed by atoms with E-state index in [9.17, 15) is 9.59 Å². The third kappa shape index (κ3) is 2.94. The van der Waals surface area contributed by atoms with E-state index in [1.54, 1.807) is 33.1 Å². The first kappa shape index (κ1) is 12.0. The molecular weight excluding hydrogens is 196 g/mol. The third-order valence-corrected chi connectivity index (χ3v) is 1.81. The molecule has 81 valence electrons. The molecule has 4 heteroatoms. The van der Waals surface area contributed by atoms with Crippen LogP contribution in [0.4, 0.5) is 0 Å². The summed E-state index contributed by atoms with van der Waals surface area (Å²) < 4.78 is 9.62. The molecule has 0 N–H and O–H groups in total. The van der Waals surface area contributed by atoms with E-state index in [4.69, 9.17) is 9.47 Å². The van der Waals surface area contributed by atoms with Crippen molar-refractivity contribution in [2.24, 2.45) is 0 Å². The van der Waals surface area contributed by atoms with Crippen LogP contribution in [0.25, 0.3) is 0 Å². The molecule has 1 rings (SSSR count). The molecule has 15 heavy (non-hydrogen) atoms. The highest BCUT2D eigenvalue weighted by atomic mass is 16.5. The molecule has 0 atom stereocenters. The number of ether oxygens (including phenoxy) is 2. The average Bonchev–Trinajstić information content (AvgIpc) is 2.66. The van der Waals surface area contributed by atoms with Crippen molar-refractivity contribution in [3.63, 3.8) is 0 Å². The molecule has 0 spiro atoms. The van der Waals surface area contributed by atoms with Crippen LogP contribution >= 0.6 is 0 Å². The van der Waals surface area contributed by atoms with Gasteiger partial charge >= 0.3 is 11.9 Å². The minimum absolute atomic E-state index is 0.260. The maximum Gasteiger partial charge on any atom is 0.314 e. The quantitative estimate of drug-likeness (QED) is 0.645. The lowest BCUT2D eigenvalue weighted by Crippen LogP contribution is -2.25. The first-order chi connectivity index (χ1) is 7.20. The summed E-state index contributed by atoms with van der Waals surface area (Å²) in [6.07, 6.45) is 4.72. The standard InChI is InChI=1S/C11H13O4/c1-3-14-10(12)8-6-5-7-9(8)11(13)15-4-2/h5-7H,3-4H2,1-2H3. The fourth-order valence-corrected chi connectivity index (χ4v) is 1.19. The van der Waals surface area contributed by atoms with E-state index < -0.39 is 11.9 Å². The Labute approximate surface area is 89.9 Å². The van der Waals surface area contributed by atoms with Crippen molar-refractivity contribution in [2.75, 3.05) is 13.2 Å². The zero-order valence-electron chi connectivity index (χ0n) is 8.78. The van der Waals surface area contributed by atoms with Gasteiger partial charge in [0.25, 0.3) is 0 Å². The topological polar surface area (TPSA) is 52.6 Å². The molecule has 0 bridgehead atoms. The molecule has 0 aromatic rings. The fraction of sp³-hybridized carbons (Fsp3) is 0.364. The molecule has 0 aromatic heterocycles. The summed E-state index contributed by atoms with van der Waals surface area (Å²) in [4.78, 5) is 22.8. The first-order valence-corrected chi connectivity index (χ1v) is 4.80. The second kappa shape index (κ2) is 5.73. The summed E-state index contributed by atoms with van der Waals surface area (Å²) in [6, 6.07) is 0. The van der Waals surface area contributed by atoms with Crippen LogP contribution < -0.4 is 0 Å². The van der Waals surface area contributed by atoms with Gasteiger partial charge < -0.3 is 9.47 Å². The molecule has 1 aliphatic rings. The Kier molecular flexibility index (Phi) is 4.59. The number of hydrogen-bond acceptors (Lipinski definition) is 4. The van der Waals surface area contributed by atoms with E-state index in [0.29, 0.717) is 0 Å². The van der Waals surface area contributed by atoms with Gasteiger partial charge in [0.2, 0.25) is 0 Å². The van der Waals surface area contributed by atoms with Crippen molar-refractivity contribution in [1.82, 2.24) is 0 Å². The van der Waals surface area contributed by atoms with Crippen LogP contribution in [0.5, 0.6) is 0 Å². The highest BCUT2D eigenvalue weighted by Gasteiger charge is 2.41. The van der Waals surface area contributed by atoms with Gasteiger partial charge in [0, 0.05) is 0 Å². The minimum Gasteiger partial charge on any atom is -0.465 e. The van der Waals surface area contributed by atoms with Crippen molar-refractivity contribution < 1.29 is 19.1 Å². The molecule has 0 unspecified atom stereocenters. The Balaban J connectivity index is 2.56. The summed E-state index contributed by atoms with van der Waals surface area (Å²) in [5, 5.41) is 0. The van der Waals surface area contributed by atoms with Gasteiger partial charge in [0.15, 0.2) is 0 Å². The number of carbonyl (C=O) groups excluding carboxylic acids is 2. The van der Waals surface area contributed by atoms with E-state index in [1.165, 1.54) is 0 Å². The maximum atomic E-state index is 11.4. The number of esters is 2. The summed E-state index contributed by atoms with van der Waals surface area (Å²) in [7, 11) is 0. The third-order valence-electron chi connectivity index (χ3n) is 1.81. The fourth-order valence-electron chi connectivity index (χ4n) is 1.19. The van der Waals surface area contributed by atoms with Crippen molar-refractivity contribution in [3.8, 4) is 0 Å². The van der Waals surface area contributed by atoms with Crippen LogP contribution in [0.1, 0.15) is 13.8 Å². The molecule has 5 radical (unpaired) electrons. The van der Waals surface area contributed by atoms with E-state index >= 15 is 0 Å². The first-order valence-electron chi connectivity index (χ1n) is 4.80. The number of rotatable bonds is 4. The summed E-state index contributed by atoms with van der Waals surface area (Å²) in [5.41, 5.74) is 0. The van der Waals surface area contributed by atoms with Crippen LogP contribution in [0.15, 0.2) is 0 Å². The number of carbonyl (C=O) groups is 2. The van der Waals surface area contributed by atoms with Crippen molar-refractivity contribution in [3.05, 3.63) is 31.1 Å². The van der Waals surface area contributed by atoms with E-state index in [-0.39, 0.29) is 25.0 Å². The van der Waals surface area contributed by atoms with Gasteiger partial charge in [-0.05, 0) is 33.1 Å². The second-order valence-electron chi connectivity index (χ2n) is 2.79. The van der Waals surface area contributed by atoms with Crippen LogP contribution in [0.3, 0.4) is 0 Å². The largest absolute Gasteiger partial charge is 0.465 e. The zero-order chi connectivity index (χ0) is 11.3. The summed E-state index contributed by atoms with van der Waals surface area (Å²) >= 11 is 0. The molecule has 1 saturated carbocycles. The van der Waals surface area contributed by atoms with Gasteiger partial charge in [-0.2, -0.15) is 0 Å². The van der Waals surface area contributed by atoms with Gasteiger partial charge in [-0.3, -0.25) is 9.59 Å².